The van der Waals surface area contributed by atoms with Gasteiger partial charge in [-0.15, -0.1) is 0 Å². The molecule has 4 heteroatoms. The summed E-state index contributed by atoms with van der Waals surface area (Å²) in [6.45, 7) is 9.41. The molecule has 2 aliphatic heterocycles. The minimum absolute atomic E-state index is 0.0988. The molecule has 0 aromatic heterocycles. The fourth-order valence-corrected chi connectivity index (χ4v) is 2.81. The summed E-state index contributed by atoms with van der Waals surface area (Å²) in [4.78, 5) is 12.8. The molecule has 0 unspecified atom stereocenters. The highest BCUT2D eigenvalue weighted by molar-refractivity contribution is 5.66. The van der Waals surface area contributed by atoms with Crippen LogP contribution in [0.5, 0.6) is 0 Å². The van der Waals surface area contributed by atoms with Gasteiger partial charge in [-0.2, -0.15) is 0 Å². The number of carboxylic acids is 1. The number of rotatable bonds is 3. The number of hydrogen-bond acceptors (Lipinski definition) is 3. The van der Waals surface area contributed by atoms with Crippen LogP contribution < -0.4 is 0 Å². The Labute approximate surface area is 108 Å². The molecule has 2 heterocycles. The Kier molecular flexibility index (Phi) is 3.76. The Morgan fingerprint density at radius 3 is 2.72 bits per heavy atom. The minimum Gasteiger partial charge on any atom is -0.493 e. The van der Waals surface area contributed by atoms with E-state index in [0.717, 1.165) is 43.9 Å². The lowest BCUT2D eigenvalue weighted by Crippen LogP contribution is -2.41. The number of likely N-dealkylation sites (tertiary alicyclic amines) is 1. The van der Waals surface area contributed by atoms with Crippen LogP contribution in [0.25, 0.3) is 0 Å². The first kappa shape index (κ1) is 13.1. The Morgan fingerprint density at radius 2 is 2.22 bits per heavy atom. The van der Waals surface area contributed by atoms with E-state index in [0.29, 0.717) is 6.54 Å². The number of aliphatic carboxylic acids is 1. The molecule has 0 amide bonds. The van der Waals surface area contributed by atoms with E-state index in [4.69, 9.17) is 9.84 Å². The van der Waals surface area contributed by atoms with Gasteiger partial charge >= 0.3 is 5.97 Å². The zero-order valence-electron chi connectivity index (χ0n) is 10.9. The quantitative estimate of drug-likeness (QED) is 0.834. The van der Waals surface area contributed by atoms with Crippen molar-refractivity contribution in [3.63, 3.8) is 0 Å². The monoisotopic (exact) mass is 251 g/mol. The Hall–Kier alpha value is -1.29. The highest BCUT2D eigenvalue weighted by atomic mass is 16.5. The maximum Gasteiger partial charge on any atom is 0.304 e. The Bertz CT molecular complexity index is 379. The molecule has 2 rings (SSSR count). The van der Waals surface area contributed by atoms with Crippen LogP contribution in [-0.4, -0.2) is 42.2 Å². The van der Waals surface area contributed by atoms with Crippen LogP contribution in [0.2, 0.25) is 0 Å². The number of piperidine rings is 1. The highest BCUT2D eigenvalue weighted by Crippen LogP contribution is 2.46. The van der Waals surface area contributed by atoms with Crippen molar-refractivity contribution in [2.45, 2.75) is 26.2 Å². The standard InChI is InChI=1S/C14H21NO3/c1-3-12-11(2)14(10-18-12)5-8-15(9-6-14)7-4-13(16)17/h3H,2,4-10H2,1H3,(H,16,17). The molecule has 100 valence electrons. The molecule has 18 heavy (non-hydrogen) atoms. The van der Waals surface area contributed by atoms with E-state index in [1.807, 2.05) is 13.0 Å². The fourth-order valence-electron chi connectivity index (χ4n) is 2.81. The van der Waals surface area contributed by atoms with E-state index >= 15 is 0 Å². The molecular formula is C14H21NO3. The second-order valence-electron chi connectivity index (χ2n) is 5.19. The highest BCUT2D eigenvalue weighted by Gasteiger charge is 2.43. The zero-order chi connectivity index (χ0) is 13.2. The van der Waals surface area contributed by atoms with Gasteiger partial charge in [-0.3, -0.25) is 4.79 Å². The van der Waals surface area contributed by atoms with Crippen molar-refractivity contribution in [3.05, 3.63) is 24.0 Å². The number of allylic oxidation sites excluding steroid dienone is 2. The minimum atomic E-state index is -0.722. The van der Waals surface area contributed by atoms with Crippen LogP contribution in [0.15, 0.2) is 24.0 Å². The van der Waals surface area contributed by atoms with Gasteiger partial charge in [-0.25, -0.2) is 0 Å². The van der Waals surface area contributed by atoms with Gasteiger partial charge in [0, 0.05) is 12.0 Å². The van der Waals surface area contributed by atoms with E-state index in [-0.39, 0.29) is 11.8 Å². The summed E-state index contributed by atoms with van der Waals surface area (Å²) in [5.74, 6) is 0.217. The smallest absolute Gasteiger partial charge is 0.304 e. The molecule has 0 radical (unpaired) electrons. The van der Waals surface area contributed by atoms with E-state index in [2.05, 4.69) is 11.5 Å². The molecule has 2 fully saturated rings. The van der Waals surface area contributed by atoms with Crippen molar-refractivity contribution in [2.75, 3.05) is 26.2 Å². The average Bonchev–Trinajstić information content (AvgIpc) is 2.66. The zero-order valence-corrected chi connectivity index (χ0v) is 10.9. The molecule has 0 atom stereocenters. The summed E-state index contributed by atoms with van der Waals surface area (Å²) in [7, 11) is 0. The largest absolute Gasteiger partial charge is 0.493 e. The lowest BCUT2D eigenvalue weighted by molar-refractivity contribution is -0.137. The van der Waals surface area contributed by atoms with Gasteiger partial charge in [0.05, 0.1) is 13.0 Å². The van der Waals surface area contributed by atoms with Crippen molar-refractivity contribution < 1.29 is 14.6 Å². The molecule has 0 bridgehead atoms. The molecule has 2 saturated heterocycles. The van der Waals surface area contributed by atoms with Crippen molar-refractivity contribution in [2.24, 2.45) is 5.41 Å². The van der Waals surface area contributed by atoms with Crippen LogP contribution >= 0.6 is 0 Å². The van der Waals surface area contributed by atoms with Crippen molar-refractivity contribution >= 4 is 5.97 Å². The second-order valence-corrected chi connectivity index (χ2v) is 5.19. The predicted octanol–water partition coefficient (Wildman–Crippen LogP) is 2.03. The normalized spacial score (nSPS) is 25.6. The molecule has 1 N–H and O–H groups in total. The maximum atomic E-state index is 10.6. The number of carbonyl (C=O) groups is 1. The van der Waals surface area contributed by atoms with Crippen LogP contribution in [0.1, 0.15) is 26.2 Å². The van der Waals surface area contributed by atoms with E-state index in [9.17, 15) is 4.79 Å². The van der Waals surface area contributed by atoms with E-state index < -0.39 is 5.97 Å². The van der Waals surface area contributed by atoms with Gasteiger partial charge < -0.3 is 14.7 Å². The molecule has 0 aliphatic carbocycles. The number of ether oxygens (including phenoxy) is 1. The molecule has 2 aliphatic rings. The Morgan fingerprint density at radius 1 is 1.56 bits per heavy atom. The SMILES string of the molecule is C=C1C(=CC)OCC12CCN(CCC(=O)O)CC2. The molecular weight excluding hydrogens is 230 g/mol. The number of carboxylic acid groups (broad SMARTS) is 1. The van der Waals surface area contributed by atoms with E-state index in [1.54, 1.807) is 0 Å². The summed E-state index contributed by atoms with van der Waals surface area (Å²) in [6, 6.07) is 0. The summed E-state index contributed by atoms with van der Waals surface area (Å²) >= 11 is 0. The maximum absolute atomic E-state index is 10.6. The third-order valence-electron chi connectivity index (χ3n) is 4.16. The van der Waals surface area contributed by atoms with Gasteiger partial charge in [0.15, 0.2) is 0 Å². The summed E-state index contributed by atoms with van der Waals surface area (Å²) in [5, 5.41) is 8.69. The predicted molar refractivity (Wildman–Crippen MR) is 69.2 cm³/mol. The summed E-state index contributed by atoms with van der Waals surface area (Å²) < 4.78 is 5.69. The third-order valence-corrected chi connectivity index (χ3v) is 4.16. The number of hydrogen-bond donors (Lipinski definition) is 1. The van der Waals surface area contributed by atoms with Crippen LogP contribution in [0.4, 0.5) is 0 Å². The van der Waals surface area contributed by atoms with E-state index in [1.165, 1.54) is 0 Å². The topological polar surface area (TPSA) is 49.8 Å². The molecule has 0 aromatic rings. The van der Waals surface area contributed by atoms with Crippen LogP contribution in [-0.2, 0) is 9.53 Å². The average molecular weight is 251 g/mol. The van der Waals surface area contributed by atoms with Crippen LogP contribution in [0.3, 0.4) is 0 Å². The Balaban J connectivity index is 1.90. The van der Waals surface area contributed by atoms with Crippen LogP contribution in [0, 0.1) is 5.41 Å². The summed E-state index contributed by atoms with van der Waals surface area (Å²) in [6.07, 6.45) is 4.24. The molecule has 1 spiro atoms. The lowest BCUT2D eigenvalue weighted by Gasteiger charge is -2.38. The molecule has 4 nitrogen and oxygen atoms in total. The lowest BCUT2D eigenvalue weighted by atomic mass is 9.74. The summed E-state index contributed by atoms with van der Waals surface area (Å²) in [5.41, 5.74) is 1.23. The first-order valence-corrected chi connectivity index (χ1v) is 6.50. The molecule has 0 aromatic carbocycles. The fraction of sp³-hybridized carbons (Fsp3) is 0.643. The third kappa shape index (κ3) is 2.43. The van der Waals surface area contributed by atoms with Crippen molar-refractivity contribution in [3.8, 4) is 0 Å². The van der Waals surface area contributed by atoms with Gasteiger partial charge in [-0.1, -0.05) is 6.58 Å². The number of nitrogens with zero attached hydrogens (tertiary/aromatic N) is 1. The second kappa shape index (κ2) is 5.14. The first-order chi connectivity index (χ1) is 8.57. The van der Waals surface area contributed by atoms with Gasteiger partial charge in [0.2, 0.25) is 0 Å². The molecule has 0 saturated carbocycles. The van der Waals surface area contributed by atoms with Gasteiger partial charge in [-0.05, 0) is 44.5 Å². The van der Waals surface area contributed by atoms with Gasteiger partial charge in [0.1, 0.15) is 5.76 Å². The van der Waals surface area contributed by atoms with Crippen molar-refractivity contribution in [1.82, 2.24) is 4.90 Å². The van der Waals surface area contributed by atoms with Crippen molar-refractivity contribution in [1.29, 1.82) is 0 Å². The van der Waals surface area contributed by atoms with Gasteiger partial charge in [0.25, 0.3) is 0 Å². The first-order valence-electron chi connectivity index (χ1n) is 6.50.